The second kappa shape index (κ2) is 5.52. The molecule has 2 aromatic rings. The Kier molecular flexibility index (Phi) is 3.98. The van der Waals surface area contributed by atoms with Crippen molar-refractivity contribution in [1.82, 2.24) is 4.98 Å². The van der Waals surface area contributed by atoms with Gasteiger partial charge in [-0.05, 0) is 18.2 Å². The third-order valence-electron chi connectivity index (χ3n) is 2.61. The first-order chi connectivity index (χ1) is 9.01. The number of methoxy groups -OCH3 is 1. The highest BCUT2D eigenvalue weighted by atomic mass is 32.1. The minimum atomic E-state index is -1.38. The van der Waals surface area contributed by atoms with E-state index < -0.39 is 24.6 Å². The Bertz CT molecular complexity index is 597. The van der Waals surface area contributed by atoms with E-state index in [0.717, 1.165) is 4.70 Å². The predicted octanol–water partition coefficient (Wildman–Crippen LogP) is 1.17. The maximum absolute atomic E-state index is 10.5. The van der Waals surface area contributed by atoms with Crippen molar-refractivity contribution in [2.75, 3.05) is 7.11 Å². The number of aliphatic hydroxyl groups is 2. The van der Waals surface area contributed by atoms with Crippen LogP contribution in [0.1, 0.15) is 17.5 Å². The maximum atomic E-state index is 10.5. The second-order valence-electron chi connectivity index (χ2n) is 4.00. The first-order valence-corrected chi connectivity index (χ1v) is 6.35. The van der Waals surface area contributed by atoms with Crippen molar-refractivity contribution < 1.29 is 24.9 Å². The van der Waals surface area contributed by atoms with Crippen LogP contribution in [0.4, 0.5) is 0 Å². The number of aliphatic hydroxyl groups excluding tert-OH is 2. The van der Waals surface area contributed by atoms with E-state index in [4.69, 9.17) is 9.84 Å². The van der Waals surface area contributed by atoms with E-state index in [0.29, 0.717) is 11.3 Å². The number of nitrogens with zero attached hydrogens (tertiary/aromatic N) is 1. The first kappa shape index (κ1) is 13.7. The molecule has 1 aromatic carbocycles. The van der Waals surface area contributed by atoms with E-state index in [1.165, 1.54) is 11.3 Å². The molecule has 0 aliphatic rings. The zero-order valence-electron chi connectivity index (χ0n) is 10.1. The number of thiazole rings is 1. The molecule has 1 aromatic heterocycles. The van der Waals surface area contributed by atoms with Crippen molar-refractivity contribution in [3.05, 3.63) is 23.2 Å². The summed E-state index contributed by atoms with van der Waals surface area (Å²) in [7, 11) is 1.55. The lowest BCUT2D eigenvalue weighted by molar-refractivity contribution is -0.141. The molecule has 102 valence electrons. The molecule has 0 fully saturated rings. The summed E-state index contributed by atoms with van der Waals surface area (Å²) in [5.74, 6) is -0.502. The Morgan fingerprint density at radius 3 is 2.84 bits per heavy atom. The summed E-state index contributed by atoms with van der Waals surface area (Å²) in [5.41, 5.74) is 0.669. The minimum absolute atomic E-state index is 0.289. The van der Waals surface area contributed by atoms with Gasteiger partial charge >= 0.3 is 5.97 Å². The Morgan fingerprint density at radius 2 is 2.21 bits per heavy atom. The van der Waals surface area contributed by atoms with Gasteiger partial charge in [0, 0.05) is 0 Å². The van der Waals surface area contributed by atoms with Crippen molar-refractivity contribution in [3.8, 4) is 5.75 Å². The van der Waals surface area contributed by atoms with Gasteiger partial charge in [-0.25, -0.2) is 4.98 Å². The van der Waals surface area contributed by atoms with Crippen LogP contribution < -0.4 is 4.74 Å². The summed E-state index contributed by atoms with van der Waals surface area (Å²) in [6, 6.07) is 5.25. The molecule has 0 aliphatic heterocycles. The Balaban J connectivity index is 2.27. The molecular formula is C12H13NO5S. The average molecular weight is 283 g/mol. The number of carboxylic acid groups (broad SMARTS) is 1. The molecule has 1 heterocycles. The van der Waals surface area contributed by atoms with Gasteiger partial charge < -0.3 is 20.1 Å². The highest BCUT2D eigenvalue weighted by Crippen LogP contribution is 2.31. The molecule has 3 N–H and O–H groups in total. The van der Waals surface area contributed by atoms with E-state index in [9.17, 15) is 15.0 Å². The molecule has 7 heteroatoms. The number of carbonyl (C=O) groups is 1. The van der Waals surface area contributed by atoms with Gasteiger partial charge in [0.1, 0.15) is 16.9 Å². The van der Waals surface area contributed by atoms with Gasteiger partial charge in [-0.1, -0.05) is 0 Å². The fourth-order valence-corrected chi connectivity index (χ4v) is 2.67. The lowest BCUT2D eigenvalue weighted by Crippen LogP contribution is -2.21. The normalized spacial score (nSPS) is 14.3. The fourth-order valence-electron chi connectivity index (χ4n) is 1.63. The molecule has 0 saturated carbocycles. The van der Waals surface area contributed by atoms with Crippen molar-refractivity contribution in [2.45, 2.75) is 18.6 Å². The van der Waals surface area contributed by atoms with Gasteiger partial charge in [0.2, 0.25) is 0 Å². The van der Waals surface area contributed by atoms with Crippen LogP contribution in [0.25, 0.3) is 10.2 Å². The fraction of sp³-hybridized carbons (Fsp3) is 0.333. The summed E-state index contributed by atoms with van der Waals surface area (Å²) >= 11 is 1.20. The van der Waals surface area contributed by atoms with Gasteiger partial charge in [0.05, 0.1) is 29.9 Å². The van der Waals surface area contributed by atoms with E-state index >= 15 is 0 Å². The average Bonchev–Trinajstić information content (AvgIpc) is 2.79. The van der Waals surface area contributed by atoms with E-state index in [2.05, 4.69) is 4.98 Å². The van der Waals surface area contributed by atoms with E-state index in [-0.39, 0.29) is 5.01 Å². The number of carboxylic acids is 1. The standard InChI is InChI=1S/C12H13NO5S/c1-18-6-2-3-7-9(4-6)19-12(13-7)11(17)8(14)5-10(15)16/h2-4,8,11,14,17H,5H2,1H3,(H,15,16). The van der Waals surface area contributed by atoms with E-state index in [1.54, 1.807) is 25.3 Å². The molecular weight excluding hydrogens is 270 g/mol. The Labute approximate surface area is 112 Å². The summed E-state index contributed by atoms with van der Waals surface area (Å²) in [6.07, 6.45) is -3.21. The van der Waals surface area contributed by atoms with Crippen molar-refractivity contribution in [1.29, 1.82) is 0 Å². The van der Waals surface area contributed by atoms with E-state index in [1.807, 2.05) is 0 Å². The molecule has 2 unspecified atom stereocenters. The molecule has 0 aliphatic carbocycles. The Morgan fingerprint density at radius 1 is 1.47 bits per heavy atom. The molecule has 19 heavy (non-hydrogen) atoms. The monoisotopic (exact) mass is 283 g/mol. The molecule has 0 amide bonds. The predicted molar refractivity (Wildman–Crippen MR) is 69.4 cm³/mol. The summed E-state index contributed by atoms with van der Waals surface area (Å²) in [4.78, 5) is 14.7. The number of aromatic nitrogens is 1. The highest BCUT2D eigenvalue weighted by Gasteiger charge is 2.24. The number of aliphatic carboxylic acids is 1. The molecule has 0 spiro atoms. The van der Waals surface area contributed by atoms with Gasteiger partial charge in [-0.3, -0.25) is 4.79 Å². The zero-order chi connectivity index (χ0) is 14.0. The van der Waals surface area contributed by atoms with Crippen LogP contribution in [0.2, 0.25) is 0 Å². The quantitative estimate of drug-likeness (QED) is 0.761. The topological polar surface area (TPSA) is 99.9 Å². The molecule has 0 saturated heterocycles. The van der Waals surface area contributed by atoms with Crippen LogP contribution >= 0.6 is 11.3 Å². The van der Waals surface area contributed by atoms with Crippen molar-refractivity contribution >= 4 is 27.5 Å². The van der Waals surface area contributed by atoms with Gasteiger partial charge in [-0.2, -0.15) is 0 Å². The van der Waals surface area contributed by atoms with Crippen LogP contribution in [0.3, 0.4) is 0 Å². The molecule has 0 bridgehead atoms. The maximum Gasteiger partial charge on any atom is 0.306 e. The largest absolute Gasteiger partial charge is 0.497 e. The number of benzene rings is 1. The van der Waals surface area contributed by atoms with Crippen LogP contribution in [0.5, 0.6) is 5.75 Å². The number of ether oxygens (including phenoxy) is 1. The third-order valence-corrected chi connectivity index (χ3v) is 3.70. The number of hydrogen-bond donors (Lipinski definition) is 3. The Hall–Kier alpha value is -1.70. The second-order valence-corrected chi connectivity index (χ2v) is 5.06. The summed E-state index contributed by atoms with van der Waals surface area (Å²) in [6.45, 7) is 0. The SMILES string of the molecule is COc1ccc2nc(C(O)C(O)CC(=O)O)sc2c1. The number of fused-ring (bicyclic) bond motifs is 1. The van der Waals surface area contributed by atoms with Gasteiger partial charge in [0.15, 0.2) is 0 Å². The van der Waals surface area contributed by atoms with Gasteiger partial charge in [-0.15, -0.1) is 11.3 Å². The third kappa shape index (κ3) is 3.01. The summed E-state index contributed by atoms with van der Waals surface area (Å²) in [5, 5.41) is 28.3. The zero-order valence-corrected chi connectivity index (χ0v) is 10.9. The minimum Gasteiger partial charge on any atom is -0.497 e. The smallest absolute Gasteiger partial charge is 0.306 e. The van der Waals surface area contributed by atoms with Crippen molar-refractivity contribution in [3.63, 3.8) is 0 Å². The number of rotatable bonds is 5. The lowest BCUT2D eigenvalue weighted by atomic mass is 10.1. The first-order valence-electron chi connectivity index (χ1n) is 5.53. The highest BCUT2D eigenvalue weighted by molar-refractivity contribution is 7.18. The number of hydrogen-bond acceptors (Lipinski definition) is 6. The van der Waals surface area contributed by atoms with Crippen molar-refractivity contribution in [2.24, 2.45) is 0 Å². The molecule has 6 nitrogen and oxygen atoms in total. The van der Waals surface area contributed by atoms with Crippen LogP contribution in [-0.4, -0.2) is 39.5 Å². The molecule has 0 radical (unpaired) electrons. The summed E-state index contributed by atoms with van der Waals surface area (Å²) < 4.78 is 5.88. The van der Waals surface area contributed by atoms with Crippen LogP contribution in [-0.2, 0) is 4.79 Å². The molecule has 2 atom stereocenters. The molecule has 2 rings (SSSR count). The van der Waals surface area contributed by atoms with Crippen LogP contribution in [0, 0.1) is 0 Å². The van der Waals surface area contributed by atoms with Gasteiger partial charge in [0.25, 0.3) is 0 Å². The lowest BCUT2D eigenvalue weighted by Gasteiger charge is -2.12. The van der Waals surface area contributed by atoms with Crippen LogP contribution in [0.15, 0.2) is 18.2 Å².